The minimum absolute atomic E-state index is 0.110. The quantitative estimate of drug-likeness (QED) is 0.676. The van der Waals surface area contributed by atoms with Gasteiger partial charge in [0.2, 0.25) is 0 Å². The average Bonchev–Trinajstić information content (AvgIpc) is 2.79. The molecule has 0 saturated carbocycles. The van der Waals surface area contributed by atoms with Gasteiger partial charge in [0, 0.05) is 19.2 Å². The van der Waals surface area contributed by atoms with E-state index >= 15 is 0 Å². The van der Waals surface area contributed by atoms with Crippen LogP contribution >= 0.6 is 0 Å². The predicted octanol–water partition coefficient (Wildman–Crippen LogP) is -0.529. The standard InChI is InChI=1S/C10H11N5O3/c1-15(4-7-11-5-12-14-7)10(18)6-2-8(16)13-9(17)3-6/h2-3,5H,4H2,1H3,(H,11,12,14)(H2,13,16,17). The van der Waals surface area contributed by atoms with E-state index in [-0.39, 0.29) is 18.0 Å². The summed E-state index contributed by atoms with van der Waals surface area (Å²) in [4.78, 5) is 30.5. The molecule has 0 saturated heterocycles. The molecule has 0 aliphatic carbocycles. The van der Waals surface area contributed by atoms with E-state index in [9.17, 15) is 14.7 Å². The highest BCUT2D eigenvalue weighted by Gasteiger charge is 2.14. The molecular weight excluding hydrogens is 238 g/mol. The monoisotopic (exact) mass is 249 g/mol. The van der Waals surface area contributed by atoms with Crippen LogP contribution in [0.15, 0.2) is 23.3 Å². The number of hydrogen-bond acceptors (Lipinski definition) is 5. The number of carbonyl (C=O) groups excluding carboxylic acids is 1. The number of carbonyl (C=O) groups is 1. The topological polar surface area (TPSA) is 115 Å². The number of nitrogens with zero attached hydrogens (tertiary/aromatic N) is 3. The van der Waals surface area contributed by atoms with Crippen LogP contribution in [-0.2, 0) is 6.54 Å². The Morgan fingerprint density at radius 2 is 2.28 bits per heavy atom. The van der Waals surface area contributed by atoms with E-state index in [1.54, 1.807) is 7.05 Å². The third-order valence-corrected chi connectivity index (χ3v) is 2.28. The minimum atomic E-state index is -0.536. The number of pyridine rings is 1. The molecule has 18 heavy (non-hydrogen) atoms. The van der Waals surface area contributed by atoms with Crippen molar-refractivity contribution in [2.24, 2.45) is 0 Å². The lowest BCUT2D eigenvalue weighted by molar-refractivity contribution is 0.0781. The molecule has 0 radical (unpaired) electrons. The Bertz CT molecular complexity index is 604. The van der Waals surface area contributed by atoms with Gasteiger partial charge in [-0.15, -0.1) is 0 Å². The van der Waals surface area contributed by atoms with Gasteiger partial charge in [-0.2, -0.15) is 5.10 Å². The number of aromatic amines is 2. The first-order valence-electron chi connectivity index (χ1n) is 5.09. The van der Waals surface area contributed by atoms with Gasteiger partial charge in [-0.1, -0.05) is 0 Å². The predicted molar refractivity (Wildman–Crippen MR) is 60.9 cm³/mol. The van der Waals surface area contributed by atoms with E-state index in [2.05, 4.69) is 20.2 Å². The molecule has 0 atom stereocenters. The van der Waals surface area contributed by atoms with Gasteiger partial charge in [-0.05, 0) is 0 Å². The maximum absolute atomic E-state index is 12.0. The van der Waals surface area contributed by atoms with E-state index in [4.69, 9.17) is 0 Å². The molecule has 2 aromatic heterocycles. The molecule has 0 unspecified atom stereocenters. The second-order valence-corrected chi connectivity index (χ2v) is 3.71. The van der Waals surface area contributed by atoms with Crippen molar-refractivity contribution in [1.82, 2.24) is 25.1 Å². The van der Waals surface area contributed by atoms with Gasteiger partial charge in [-0.3, -0.25) is 19.7 Å². The van der Waals surface area contributed by atoms with Crippen LogP contribution in [0.25, 0.3) is 0 Å². The lowest BCUT2D eigenvalue weighted by Gasteiger charge is -2.15. The van der Waals surface area contributed by atoms with Gasteiger partial charge in [-0.25, -0.2) is 4.98 Å². The van der Waals surface area contributed by atoms with Crippen molar-refractivity contribution in [3.63, 3.8) is 0 Å². The zero-order chi connectivity index (χ0) is 13.1. The number of hydrogen-bond donors (Lipinski definition) is 3. The van der Waals surface area contributed by atoms with Gasteiger partial charge in [0.15, 0.2) is 5.88 Å². The zero-order valence-electron chi connectivity index (χ0n) is 9.54. The SMILES string of the molecule is CN(Cc1ncn[nH]1)C(=O)c1cc(O)[nH]c(=O)c1. The van der Waals surface area contributed by atoms with Crippen molar-refractivity contribution in [3.05, 3.63) is 40.2 Å². The highest BCUT2D eigenvalue weighted by atomic mass is 16.3. The van der Waals surface area contributed by atoms with Crippen molar-refractivity contribution in [1.29, 1.82) is 0 Å². The fraction of sp³-hybridized carbons (Fsp3) is 0.200. The van der Waals surface area contributed by atoms with Crippen LogP contribution in [0.5, 0.6) is 5.88 Å². The molecule has 0 aromatic carbocycles. The minimum Gasteiger partial charge on any atom is -0.494 e. The first kappa shape index (κ1) is 11.8. The molecule has 0 bridgehead atoms. The van der Waals surface area contributed by atoms with Crippen LogP contribution in [0.3, 0.4) is 0 Å². The second-order valence-electron chi connectivity index (χ2n) is 3.71. The third-order valence-electron chi connectivity index (χ3n) is 2.28. The highest BCUT2D eigenvalue weighted by molar-refractivity contribution is 5.94. The Balaban J connectivity index is 2.17. The zero-order valence-corrected chi connectivity index (χ0v) is 9.54. The van der Waals surface area contributed by atoms with Crippen LogP contribution < -0.4 is 5.56 Å². The van der Waals surface area contributed by atoms with Gasteiger partial charge >= 0.3 is 0 Å². The first-order valence-corrected chi connectivity index (χ1v) is 5.09. The molecule has 8 nitrogen and oxygen atoms in total. The molecule has 0 aliphatic rings. The smallest absolute Gasteiger partial charge is 0.254 e. The molecule has 2 heterocycles. The fourth-order valence-corrected chi connectivity index (χ4v) is 1.48. The van der Waals surface area contributed by atoms with Crippen LogP contribution in [-0.4, -0.2) is 43.1 Å². The number of aromatic hydroxyl groups is 1. The fourth-order valence-electron chi connectivity index (χ4n) is 1.48. The van der Waals surface area contributed by atoms with Crippen molar-refractivity contribution < 1.29 is 9.90 Å². The van der Waals surface area contributed by atoms with Crippen molar-refractivity contribution >= 4 is 5.91 Å². The lowest BCUT2D eigenvalue weighted by Crippen LogP contribution is -2.27. The number of H-pyrrole nitrogens is 2. The molecule has 2 rings (SSSR count). The van der Waals surface area contributed by atoms with Crippen LogP contribution in [0.4, 0.5) is 0 Å². The molecular formula is C10H11N5O3. The summed E-state index contributed by atoms with van der Waals surface area (Å²) in [7, 11) is 1.56. The Labute approximate surface area is 101 Å². The van der Waals surface area contributed by atoms with Crippen LogP contribution in [0.2, 0.25) is 0 Å². The number of nitrogens with one attached hydrogen (secondary N) is 2. The Kier molecular flexibility index (Phi) is 3.09. The molecule has 0 aliphatic heterocycles. The molecule has 1 amide bonds. The molecule has 94 valence electrons. The van der Waals surface area contributed by atoms with Gasteiger partial charge in [0.05, 0.1) is 12.1 Å². The molecule has 3 N–H and O–H groups in total. The second kappa shape index (κ2) is 4.70. The molecule has 0 fully saturated rings. The number of rotatable bonds is 3. The van der Waals surface area contributed by atoms with Crippen LogP contribution in [0.1, 0.15) is 16.2 Å². The third kappa shape index (κ3) is 2.54. The van der Waals surface area contributed by atoms with E-state index < -0.39 is 11.5 Å². The van der Waals surface area contributed by atoms with Crippen molar-refractivity contribution in [2.75, 3.05) is 7.05 Å². The van der Waals surface area contributed by atoms with Gasteiger partial charge < -0.3 is 10.0 Å². The Morgan fingerprint density at radius 1 is 1.50 bits per heavy atom. The summed E-state index contributed by atoms with van der Waals surface area (Å²) < 4.78 is 0. The largest absolute Gasteiger partial charge is 0.494 e. The Hall–Kier alpha value is -2.64. The maximum Gasteiger partial charge on any atom is 0.254 e. The van der Waals surface area contributed by atoms with Crippen LogP contribution in [0, 0.1) is 0 Å². The molecule has 8 heteroatoms. The summed E-state index contributed by atoms with van der Waals surface area (Å²) in [6.07, 6.45) is 1.34. The van der Waals surface area contributed by atoms with Crippen molar-refractivity contribution in [2.45, 2.75) is 6.54 Å². The summed E-state index contributed by atoms with van der Waals surface area (Å²) >= 11 is 0. The lowest BCUT2D eigenvalue weighted by atomic mass is 10.2. The summed E-state index contributed by atoms with van der Waals surface area (Å²) in [5, 5.41) is 15.5. The van der Waals surface area contributed by atoms with E-state index in [1.165, 1.54) is 17.3 Å². The average molecular weight is 249 g/mol. The summed E-state index contributed by atoms with van der Waals surface area (Å²) in [6.45, 7) is 0.229. The summed E-state index contributed by atoms with van der Waals surface area (Å²) in [5.74, 6) is -0.216. The van der Waals surface area contributed by atoms with E-state index in [0.717, 1.165) is 6.07 Å². The maximum atomic E-state index is 12.0. The molecule has 0 spiro atoms. The van der Waals surface area contributed by atoms with Gasteiger partial charge in [0.25, 0.3) is 11.5 Å². The normalized spacial score (nSPS) is 10.3. The van der Waals surface area contributed by atoms with Crippen molar-refractivity contribution in [3.8, 4) is 5.88 Å². The highest BCUT2D eigenvalue weighted by Crippen LogP contribution is 2.08. The Morgan fingerprint density at radius 3 is 2.89 bits per heavy atom. The van der Waals surface area contributed by atoms with E-state index in [1.807, 2.05) is 0 Å². The summed E-state index contributed by atoms with van der Waals surface area (Å²) in [5.41, 5.74) is -0.426. The number of aromatic nitrogens is 4. The van der Waals surface area contributed by atoms with Gasteiger partial charge in [0.1, 0.15) is 12.2 Å². The number of amides is 1. The van der Waals surface area contributed by atoms with E-state index in [0.29, 0.717) is 5.82 Å². The first-order chi connectivity index (χ1) is 8.56. The molecule has 2 aromatic rings. The summed E-state index contributed by atoms with van der Waals surface area (Å²) in [6, 6.07) is 2.32.